The number of nitrogens with zero attached hydrogens (tertiary/aromatic N) is 5. The fraction of sp³-hybridized carbons (Fsp3) is 0.294. The van der Waals surface area contributed by atoms with Crippen LogP contribution in [0.15, 0.2) is 26.8 Å². The molecule has 0 spiro atoms. The van der Waals surface area contributed by atoms with Crippen LogP contribution in [0.2, 0.25) is 10.0 Å². The lowest BCUT2D eigenvalue weighted by molar-refractivity contribution is 0.278. The smallest absolute Gasteiger partial charge is 0.332 e. The van der Waals surface area contributed by atoms with Crippen LogP contribution in [0.25, 0.3) is 11.2 Å². The summed E-state index contributed by atoms with van der Waals surface area (Å²) in [6.45, 7) is -0.165. The van der Waals surface area contributed by atoms with E-state index in [2.05, 4.69) is 15.5 Å². The second kappa shape index (κ2) is 8.27. The monoisotopic (exact) mass is 440 g/mol. The number of halogens is 2. The molecule has 0 unspecified atom stereocenters. The number of hydrazone groups is 1. The lowest BCUT2D eigenvalue weighted by atomic mass is 10.2. The number of hydrogen-bond acceptors (Lipinski definition) is 7. The molecule has 12 heteroatoms. The first-order chi connectivity index (χ1) is 13.8. The average Bonchev–Trinajstić information content (AvgIpc) is 3.03. The van der Waals surface area contributed by atoms with Crippen molar-refractivity contribution in [1.82, 2.24) is 18.7 Å². The van der Waals surface area contributed by atoms with Gasteiger partial charge in [0.1, 0.15) is 5.75 Å². The maximum Gasteiger partial charge on any atom is 0.332 e. The van der Waals surface area contributed by atoms with Gasteiger partial charge in [-0.25, -0.2) is 10.2 Å². The fourth-order valence-electron chi connectivity index (χ4n) is 2.90. The van der Waals surface area contributed by atoms with E-state index in [1.54, 1.807) is 12.1 Å². The van der Waals surface area contributed by atoms with Gasteiger partial charge < -0.3 is 14.4 Å². The molecule has 154 valence electrons. The molecular formula is C17H18Cl2N6O4. The number of methoxy groups -OCH3 is 1. The van der Waals surface area contributed by atoms with Crippen LogP contribution in [0.4, 0.5) is 5.95 Å². The number of benzene rings is 1. The van der Waals surface area contributed by atoms with E-state index < -0.39 is 11.2 Å². The van der Waals surface area contributed by atoms with Crippen molar-refractivity contribution in [2.45, 2.75) is 6.54 Å². The quantitative estimate of drug-likeness (QED) is 0.439. The van der Waals surface area contributed by atoms with Crippen molar-refractivity contribution in [2.24, 2.45) is 19.2 Å². The Hall–Kier alpha value is -2.82. The number of fused-ring (bicyclic) bond motifs is 1. The molecule has 10 nitrogen and oxygen atoms in total. The molecule has 3 aromatic rings. The highest BCUT2D eigenvalue weighted by atomic mass is 35.5. The molecule has 0 atom stereocenters. The summed E-state index contributed by atoms with van der Waals surface area (Å²) in [5.74, 6) is 0.567. The molecule has 2 heterocycles. The van der Waals surface area contributed by atoms with Crippen LogP contribution in [-0.4, -0.2) is 43.7 Å². The Kier molecular flexibility index (Phi) is 5.96. The third-order valence-corrected chi connectivity index (χ3v) is 4.78. The fourth-order valence-corrected chi connectivity index (χ4v) is 3.49. The SMILES string of the molecule is COc1c(Cl)cc(Cl)cc1/C=N\Nc1nc2c(c(=O)n(C)c(=O)n2C)n1CCO. The second-order valence-electron chi connectivity index (χ2n) is 6.07. The number of aliphatic hydroxyl groups excluding tert-OH is 1. The molecule has 2 N–H and O–H groups in total. The summed E-state index contributed by atoms with van der Waals surface area (Å²) >= 11 is 12.1. The molecule has 0 aliphatic carbocycles. The van der Waals surface area contributed by atoms with Gasteiger partial charge in [0.2, 0.25) is 5.95 Å². The van der Waals surface area contributed by atoms with Gasteiger partial charge in [0.15, 0.2) is 11.2 Å². The van der Waals surface area contributed by atoms with Crippen LogP contribution in [0.3, 0.4) is 0 Å². The average molecular weight is 441 g/mol. The summed E-state index contributed by atoms with van der Waals surface area (Å²) in [5, 5.41) is 14.2. The zero-order chi connectivity index (χ0) is 21.3. The highest BCUT2D eigenvalue weighted by Gasteiger charge is 2.18. The number of anilines is 1. The van der Waals surface area contributed by atoms with Crippen molar-refractivity contribution in [3.8, 4) is 5.75 Å². The van der Waals surface area contributed by atoms with E-state index in [4.69, 9.17) is 27.9 Å². The van der Waals surface area contributed by atoms with Gasteiger partial charge in [-0.2, -0.15) is 10.1 Å². The Morgan fingerprint density at radius 1 is 1.28 bits per heavy atom. The predicted molar refractivity (Wildman–Crippen MR) is 112 cm³/mol. The number of nitrogens with one attached hydrogen (secondary N) is 1. The molecule has 2 aromatic heterocycles. The number of aromatic nitrogens is 4. The minimum Gasteiger partial charge on any atom is -0.495 e. The van der Waals surface area contributed by atoms with Gasteiger partial charge in [-0.15, -0.1) is 0 Å². The Labute approximate surface area is 174 Å². The number of ether oxygens (including phenoxy) is 1. The first-order valence-corrected chi connectivity index (χ1v) is 9.15. The first kappa shape index (κ1) is 20.9. The van der Waals surface area contributed by atoms with Crippen molar-refractivity contribution in [2.75, 3.05) is 19.1 Å². The van der Waals surface area contributed by atoms with E-state index in [0.717, 1.165) is 4.57 Å². The van der Waals surface area contributed by atoms with Gasteiger partial charge in [-0.05, 0) is 12.1 Å². The minimum atomic E-state index is -0.524. The third-order valence-electron chi connectivity index (χ3n) is 4.28. The summed E-state index contributed by atoms with van der Waals surface area (Å²) in [6.07, 6.45) is 1.43. The maximum absolute atomic E-state index is 12.6. The molecule has 0 aliphatic heterocycles. The van der Waals surface area contributed by atoms with Crippen LogP contribution in [-0.2, 0) is 20.6 Å². The van der Waals surface area contributed by atoms with Crippen LogP contribution >= 0.6 is 23.2 Å². The predicted octanol–water partition coefficient (Wildman–Crippen LogP) is 1.19. The summed E-state index contributed by atoms with van der Waals surface area (Å²) in [4.78, 5) is 29.0. The van der Waals surface area contributed by atoms with Crippen molar-refractivity contribution in [3.63, 3.8) is 0 Å². The van der Waals surface area contributed by atoms with Gasteiger partial charge in [0.05, 0.1) is 25.0 Å². The zero-order valence-corrected chi connectivity index (χ0v) is 17.3. The van der Waals surface area contributed by atoms with Crippen molar-refractivity contribution < 1.29 is 9.84 Å². The number of aryl methyl sites for hydroxylation is 1. The Morgan fingerprint density at radius 2 is 2.00 bits per heavy atom. The number of rotatable bonds is 6. The van der Waals surface area contributed by atoms with E-state index >= 15 is 0 Å². The minimum absolute atomic E-state index is 0.0775. The molecule has 0 saturated carbocycles. The summed E-state index contributed by atoms with van der Waals surface area (Å²) in [7, 11) is 4.35. The Morgan fingerprint density at radius 3 is 2.66 bits per heavy atom. The molecule has 0 amide bonds. The van der Waals surface area contributed by atoms with Crippen LogP contribution in [0.1, 0.15) is 5.56 Å². The number of imidazole rings is 1. The van der Waals surface area contributed by atoms with Crippen molar-refractivity contribution in [3.05, 3.63) is 48.6 Å². The zero-order valence-electron chi connectivity index (χ0n) is 15.8. The largest absolute Gasteiger partial charge is 0.495 e. The molecular weight excluding hydrogens is 423 g/mol. The Balaban J connectivity index is 2.08. The lowest BCUT2D eigenvalue weighted by Gasteiger charge is -2.08. The van der Waals surface area contributed by atoms with Crippen LogP contribution < -0.4 is 21.4 Å². The highest BCUT2D eigenvalue weighted by molar-refractivity contribution is 6.36. The summed E-state index contributed by atoms with van der Waals surface area (Å²) in [5.41, 5.74) is 2.55. The van der Waals surface area contributed by atoms with Gasteiger partial charge in [0, 0.05) is 31.2 Å². The lowest BCUT2D eigenvalue weighted by Crippen LogP contribution is -2.37. The standard InChI is InChI=1S/C17H18Cl2N6O4/c1-23-14-12(15(27)24(2)17(23)28)25(4-5-26)16(21-14)22-20-8-9-6-10(18)7-11(19)13(9)29-3/h6-8,26H,4-5H2,1-3H3,(H,21,22)/b20-8-. The highest BCUT2D eigenvalue weighted by Crippen LogP contribution is 2.31. The van der Waals surface area contributed by atoms with Gasteiger partial charge >= 0.3 is 5.69 Å². The second-order valence-corrected chi connectivity index (χ2v) is 6.91. The van der Waals surface area contributed by atoms with Gasteiger partial charge in [-0.3, -0.25) is 13.9 Å². The number of aliphatic hydroxyl groups is 1. The van der Waals surface area contributed by atoms with E-state index in [1.165, 1.54) is 36.6 Å². The normalized spacial score (nSPS) is 11.5. The van der Waals surface area contributed by atoms with E-state index in [-0.39, 0.29) is 30.3 Å². The molecule has 0 radical (unpaired) electrons. The Bertz CT molecular complexity index is 1230. The van der Waals surface area contributed by atoms with Gasteiger partial charge in [0.25, 0.3) is 5.56 Å². The van der Waals surface area contributed by atoms with E-state index in [1.807, 2.05) is 0 Å². The molecule has 0 saturated heterocycles. The van der Waals surface area contributed by atoms with Crippen LogP contribution in [0, 0.1) is 0 Å². The first-order valence-electron chi connectivity index (χ1n) is 8.39. The van der Waals surface area contributed by atoms with Gasteiger partial charge in [-0.1, -0.05) is 23.2 Å². The number of hydrogen-bond donors (Lipinski definition) is 2. The maximum atomic E-state index is 12.6. The van der Waals surface area contributed by atoms with Crippen molar-refractivity contribution in [1.29, 1.82) is 0 Å². The molecule has 0 fully saturated rings. The molecule has 29 heavy (non-hydrogen) atoms. The topological polar surface area (TPSA) is 116 Å². The molecule has 3 rings (SSSR count). The van der Waals surface area contributed by atoms with E-state index in [9.17, 15) is 14.7 Å². The summed E-state index contributed by atoms with van der Waals surface area (Å²) < 4.78 is 8.94. The van der Waals surface area contributed by atoms with E-state index in [0.29, 0.717) is 21.4 Å². The van der Waals surface area contributed by atoms with Crippen molar-refractivity contribution >= 4 is 46.5 Å². The molecule has 0 bridgehead atoms. The van der Waals surface area contributed by atoms with Crippen LogP contribution in [0.5, 0.6) is 5.75 Å². The molecule has 0 aliphatic rings. The molecule has 1 aromatic carbocycles. The third kappa shape index (κ3) is 3.74. The summed E-state index contributed by atoms with van der Waals surface area (Å²) in [6, 6.07) is 3.16.